The Bertz CT molecular complexity index is 473. The lowest BCUT2D eigenvalue weighted by Crippen LogP contribution is -2.17. The average molecular weight is 216 g/mol. The van der Waals surface area contributed by atoms with Crippen LogP contribution in [-0.4, -0.2) is 21.0 Å². The second kappa shape index (κ2) is 4.45. The number of rotatable bonds is 3. The molecule has 0 radical (unpaired) electrons. The summed E-state index contributed by atoms with van der Waals surface area (Å²) >= 11 is 0. The quantitative estimate of drug-likeness (QED) is 0.845. The van der Waals surface area contributed by atoms with E-state index in [4.69, 9.17) is 5.73 Å². The summed E-state index contributed by atoms with van der Waals surface area (Å²) in [7, 11) is 0. The van der Waals surface area contributed by atoms with Crippen LogP contribution in [0, 0.1) is 6.92 Å². The summed E-state index contributed by atoms with van der Waals surface area (Å²) in [6, 6.07) is 8.21. The van der Waals surface area contributed by atoms with Gasteiger partial charge in [-0.2, -0.15) is 0 Å². The predicted octanol–water partition coefficient (Wildman–Crippen LogP) is 1.47. The minimum atomic E-state index is 0.113. The Balaban J connectivity index is 2.28. The molecular weight excluding hydrogens is 200 g/mol. The topological polar surface area (TPSA) is 56.7 Å². The Kier molecular flexibility index (Phi) is 3.01. The van der Waals surface area contributed by atoms with Gasteiger partial charge >= 0.3 is 0 Å². The highest BCUT2D eigenvalue weighted by Crippen LogP contribution is 2.12. The first kappa shape index (κ1) is 10.8. The van der Waals surface area contributed by atoms with Crippen molar-refractivity contribution in [3.8, 4) is 5.69 Å². The van der Waals surface area contributed by atoms with E-state index in [0.717, 1.165) is 17.8 Å². The molecule has 16 heavy (non-hydrogen) atoms. The number of aromatic nitrogens is 3. The summed E-state index contributed by atoms with van der Waals surface area (Å²) < 4.78 is 1.80. The zero-order valence-corrected chi connectivity index (χ0v) is 9.59. The number of aryl methyl sites for hydroxylation is 1. The first-order valence-electron chi connectivity index (χ1n) is 5.39. The minimum Gasteiger partial charge on any atom is -0.328 e. The SMILES string of the molecule is Cc1ccccc1-n1cc(CC(C)N)nn1. The van der Waals surface area contributed by atoms with Crippen molar-refractivity contribution in [2.24, 2.45) is 5.73 Å². The van der Waals surface area contributed by atoms with Crippen LogP contribution in [0.4, 0.5) is 0 Å². The van der Waals surface area contributed by atoms with Crippen LogP contribution in [0.1, 0.15) is 18.2 Å². The van der Waals surface area contributed by atoms with Crippen LogP contribution in [0.25, 0.3) is 5.69 Å². The van der Waals surface area contributed by atoms with Crippen LogP contribution in [-0.2, 0) is 6.42 Å². The third-order valence-corrected chi connectivity index (χ3v) is 2.43. The molecule has 1 atom stereocenters. The van der Waals surface area contributed by atoms with Crippen LogP contribution in [0.5, 0.6) is 0 Å². The van der Waals surface area contributed by atoms with Gasteiger partial charge in [-0.25, -0.2) is 4.68 Å². The smallest absolute Gasteiger partial charge is 0.0847 e. The lowest BCUT2D eigenvalue weighted by Gasteiger charge is -2.03. The fourth-order valence-corrected chi connectivity index (χ4v) is 1.66. The van der Waals surface area contributed by atoms with Crippen LogP contribution >= 0.6 is 0 Å². The van der Waals surface area contributed by atoms with Gasteiger partial charge in [0, 0.05) is 12.5 Å². The standard InChI is InChI=1S/C12H16N4/c1-9-5-3-4-6-12(9)16-8-11(14-15-16)7-10(2)13/h3-6,8,10H,7,13H2,1-2H3. The average Bonchev–Trinajstić information content (AvgIpc) is 2.66. The minimum absolute atomic E-state index is 0.113. The second-order valence-corrected chi connectivity index (χ2v) is 4.12. The molecular formula is C12H16N4. The summed E-state index contributed by atoms with van der Waals surface area (Å²) in [5.41, 5.74) is 8.90. The molecule has 0 aliphatic rings. The van der Waals surface area contributed by atoms with E-state index in [9.17, 15) is 0 Å². The third kappa shape index (κ3) is 2.28. The van der Waals surface area contributed by atoms with Crippen molar-refractivity contribution in [1.82, 2.24) is 15.0 Å². The molecule has 1 unspecified atom stereocenters. The van der Waals surface area contributed by atoms with E-state index in [1.165, 1.54) is 5.56 Å². The largest absolute Gasteiger partial charge is 0.328 e. The summed E-state index contributed by atoms with van der Waals surface area (Å²) in [5, 5.41) is 8.22. The molecule has 0 fully saturated rings. The maximum absolute atomic E-state index is 5.73. The van der Waals surface area contributed by atoms with Crippen molar-refractivity contribution in [2.45, 2.75) is 26.3 Å². The van der Waals surface area contributed by atoms with Gasteiger partial charge in [0.1, 0.15) is 0 Å². The van der Waals surface area contributed by atoms with Gasteiger partial charge in [-0.3, -0.25) is 0 Å². The molecule has 0 amide bonds. The van der Waals surface area contributed by atoms with Crippen molar-refractivity contribution >= 4 is 0 Å². The molecule has 1 aromatic carbocycles. The fourth-order valence-electron chi connectivity index (χ4n) is 1.66. The van der Waals surface area contributed by atoms with Gasteiger partial charge in [-0.1, -0.05) is 23.4 Å². The Labute approximate surface area is 95.1 Å². The fraction of sp³-hybridized carbons (Fsp3) is 0.333. The first-order chi connectivity index (χ1) is 7.66. The van der Waals surface area contributed by atoms with Crippen LogP contribution in [0.2, 0.25) is 0 Å². The highest BCUT2D eigenvalue weighted by atomic mass is 15.4. The van der Waals surface area contributed by atoms with Crippen molar-refractivity contribution in [3.63, 3.8) is 0 Å². The molecule has 0 aliphatic heterocycles. The van der Waals surface area contributed by atoms with E-state index in [-0.39, 0.29) is 6.04 Å². The van der Waals surface area contributed by atoms with E-state index in [2.05, 4.69) is 23.3 Å². The van der Waals surface area contributed by atoms with Gasteiger partial charge in [0.05, 0.1) is 17.6 Å². The highest BCUT2D eigenvalue weighted by molar-refractivity contribution is 5.38. The zero-order chi connectivity index (χ0) is 11.5. The summed E-state index contributed by atoms with van der Waals surface area (Å²) in [6.45, 7) is 4.02. The molecule has 0 saturated carbocycles. The molecule has 2 aromatic rings. The summed E-state index contributed by atoms with van der Waals surface area (Å²) in [4.78, 5) is 0. The lowest BCUT2D eigenvalue weighted by atomic mass is 10.2. The number of para-hydroxylation sites is 1. The molecule has 0 spiro atoms. The number of hydrogen-bond acceptors (Lipinski definition) is 3. The van der Waals surface area contributed by atoms with Gasteiger partial charge in [0.15, 0.2) is 0 Å². The number of nitrogens with two attached hydrogens (primary N) is 1. The van der Waals surface area contributed by atoms with Crippen LogP contribution < -0.4 is 5.73 Å². The molecule has 4 heteroatoms. The Morgan fingerprint density at radius 3 is 2.81 bits per heavy atom. The van der Waals surface area contributed by atoms with E-state index in [1.807, 2.05) is 31.3 Å². The number of benzene rings is 1. The maximum Gasteiger partial charge on any atom is 0.0847 e. The van der Waals surface area contributed by atoms with Crippen molar-refractivity contribution in [3.05, 3.63) is 41.7 Å². The molecule has 4 nitrogen and oxygen atoms in total. The maximum atomic E-state index is 5.73. The van der Waals surface area contributed by atoms with Gasteiger partial charge in [0.25, 0.3) is 0 Å². The molecule has 0 aliphatic carbocycles. The number of hydrogen-bond donors (Lipinski definition) is 1. The molecule has 2 rings (SSSR count). The third-order valence-electron chi connectivity index (χ3n) is 2.43. The van der Waals surface area contributed by atoms with Crippen LogP contribution in [0.3, 0.4) is 0 Å². The molecule has 84 valence electrons. The number of nitrogens with zero attached hydrogens (tertiary/aromatic N) is 3. The highest BCUT2D eigenvalue weighted by Gasteiger charge is 2.06. The van der Waals surface area contributed by atoms with Crippen molar-refractivity contribution in [2.75, 3.05) is 0 Å². The van der Waals surface area contributed by atoms with Crippen molar-refractivity contribution in [1.29, 1.82) is 0 Å². The van der Waals surface area contributed by atoms with E-state index >= 15 is 0 Å². The molecule has 1 heterocycles. The normalized spacial score (nSPS) is 12.7. The summed E-state index contributed by atoms with van der Waals surface area (Å²) in [5.74, 6) is 0. The van der Waals surface area contributed by atoms with E-state index in [0.29, 0.717) is 0 Å². The predicted molar refractivity (Wildman–Crippen MR) is 63.4 cm³/mol. The first-order valence-corrected chi connectivity index (χ1v) is 5.39. The lowest BCUT2D eigenvalue weighted by molar-refractivity contribution is 0.716. The second-order valence-electron chi connectivity index (χ2n) is 4.12. The van der Waals surface area contributed by atoms with Gasteiger partial charge in [0.2, 0.25) is 0 Å². The van der Waals surface area contributed by atoms with Gasteiger partial charge in [-0.05, 0) is 25.5 Å². The molecule has 0 saturated heterocycles. The van der Waals surface area contributed by atoms with Gasteiger partial charge in [-0.15, -0.1) is 5.10 Å². The summed E-state index contributed by atoms with van der Waals surface area (Å²) in [6.07, 6.45) is 2.69. The Morgan fingerprint density at radius 2 is 2.12 bits per heavy atom. The van der Waals surface area contributed by atoms with E-state index < -0.39 is 0 Å². The Hall–Kier alpha value is -1.68. The van der Waals surface area contributed by atoms with E-state index in [1.54, 1.807) is 4.68 Å². The van der Waals surface area contributed by atoms with Crippen molar-refractivity contribution < 1.29 is 0 Å². The van der Waals surface area contributed by atoms with Crippen LogP contribution in [0.15, 0.2) is 30.5 Å². The monoisotopic (exact) mass is 216 g/mol. The van der Waals surface area contributed by atoms with Gasteiger partial charge < -0.3 is 5.73 Å². The zero-order valence-electron chi connectivity index (χ0n) is 9.59. The Morgan fingerprint density at radius 1 is 1.38 bits per heavy atom. The molecule has 2 N–H and O–H groups in total. The molecule has 1 aromatic heterocycles. The molecule has 0 bridgehead atoms.